The quantitative estimate of drug-likeness (QED) is 0.161. The van der Waals surface area contributed by atoms with E-state index in [1.165, 1.54) is 110 Å². The molecule has 0 nitrogen and oxygen atoms in total. The van der Waals surface area contributed by atoms with Gasteiger partial charge in [0.15, 0.2) is 0 Å². The van der Waals surface area contributed by atoms with Crippen LogP contribution in [0.1, 0.15) is 25.0 Å². The zero-order valence-electron chi connectivity index (χ0n) is 31.0. The van der Waals surface area contributed by atoms with Crippen LogP contribution in [0.15, 0.2) is 194 Å². The summed E-state index contributed by atoms with van der Waals surface area (Å²) >= 11 is 0. The van der Waals surface area contributed by atoms with Crippen molar-refractivity contribution in [3.8, 4) is 55.6 Å². The van der Waals surface area contributed by atoms with Gasteiger partial charge in [0, 0.05) is 5.41 Å². The second-order valence-electron chi connectivity index (χ2n) is 15.6. The van der Waals surface area contributed by atoms with Gasteiger partial charge in [-0.15, -0.1) is 0 Å². The van der Waals surface area contributed by atoms with Crippen molar-refractivity contribution >= 4 is 43.1 Å². The second-order valence-corrected chi connectivity index (χ2v) is 15.6. The van der Waals surface area contributed by atoms with Crippen LogP contribution in [0.3, 0.4) is 0 Å². The van der Waals surface area contributed by atoms with Crippen molar-refractivity contribution < 1.29 is 0 Å². The lowest BCUT2D eigenvalue weighted by Crippen LogP contribution is -2.14. The van der Waals surface area contributed by atoms with Crippen LogP contribution >= 0.6 is 0 Å². The molecule has 0 saturated carbocycles. The molecule has 0 atom stereocenters. The normalized spacial score (nSPS) is 13.1. The van der Waals surface area contributed by atoms with Gasteiger partial charge >= 0.3 is 0 Å². The number of rotatable bonds is 4. The third-order valence-corrected chi connectivity index (χ3v) is 12.3. The zero-order chi connectivity index (χ0) is 36.7. The maximum absolute atomic E-state index is 2.47. The molecule has 11 rings (SSSR count). The Balaban J connectivity index is 1.25. The lowest BCUT2D eigenvalue weighted by molar-refractivity contribution is 0.660. The van der Waals surface area contributed by atoms with Crippen LogP contribution in [-0.4, -0.2) is 0 Å². The SMILES string of the molecule is CC1(C)c2ccccc2-c2c(-c3c4ccccc4c(-c4cccc(-c5cccc6ccccc56)c4)c4ccc(-c5cccc6ccccc56)cc34)cccc21. The minimum atomic E-state index is -0.0936. The number of fused-ring (bicyclic) bond motifs is 7. The summed E-state index contributed by atoms with van der Waals surface area (Å²) in [6.45, 7) is 4.75. The van der Waals surface area contributed by atoms with Gasteiger partial charge in [0.1, 0.15) is 0 Å². The molecule has 0 N–H and O–H groups in total. The van der Waals surface area contributed by atoms with Crippen LogP contribution < -0.4 is 0 Å². The predicted octanol–water partition coefficient (Wildman–Crippen LogP) is 15.3. The Bertz CT molecular complexity index is 3170. The highest BCUT2D eigenvalue weighted by Crippen LogP contribution is 2.55. The van der Waals surface area contributed by atoms with Crippen LogP contribution in [0.4, 0.5) is 0 Å². The van der Waals surface area contributed by atoms with E-state index in [-0.39, 0.29) is 5.41 Å². The second kappa shape index (κ2) is 12.1. The van der Waals surface area contributed by atoms with Crippen molar-refractivity contribution in [2.24, 2.45) is 0 Å². The highest BCUT2D eigenvalue weighted by molar-refractivity contribution is 6.23. The fraction of sp³-hybridized carbons (Fsp3) is 0.0545. The Kier molecular flexibility index (Phi) is 7.00. The number of hydrogen-bond acceptors (Lipinski definition) is 0. The molecule has 10 aromatic carbocycles. The average Bonchev–Trinajstić information content (AvgIpc) is 3.48. The summed E-state index contributed by atoms with van der Waals surface area (Å²) in [6.07, 6.45) is 0. The molecule has 0 bridgehead atoms. The summed E-state index contributed by atoms with van der Waals surface area (Å²) in [4.78, 5) is 0. The minimum absolute atomic E-state index is 0.0936. The first-order valence-corrected chi connectivity index (χ1v) is 19.4. The van der Waals surface area contributed by atoms with E-state index >= 15 is 0 Å². The average molecular weight is 699 g/mol. The Morgan fingerprint density at radius 1 is 0.273 bits per heavy atom. The van der Waals surface area contributed by atoms with Crippen LogP contribution in [0, 0.1) is 0 Å². The molecule has 1 aliphatic carbocycles. The smallest absolute Gasteiger partial charge is 0.0159 e. The molecule has 0 fully saturated rings. The molecule has 0 aromatic heterocycles. The summed E-state index contributed by atoms with van der Waals surface area (Å²) in [5.74, 6) is 0. The monoisotopic (exact) mass is 698 g/mol. The van der Waals surface area contributed by atoms with E-state index in [9.17, 15) is 0 Å². The van der Waals surface area contributed by atoms with Gasteiger partial charge in [-0.25, -0.2) is 0 Å². The third-order valence-electron chi connectivity index (χ3n) is 12.3. The lowest BCUT2D eigenvalue weighted by atomic mass is 9.80. The van der Waals surface area contributed by atoms with Crippen LogP contribution in [0.25, 0.3) is 98.7 Å². The van der Waals surface area contributed by atoms with Gasteiger partial charge in [-0.05, 0) is 122 Å². The van der Waals surface area contributed by atoms with Crippen molar-refractivity contribution in [2.75, 3.05) is 0 Å². The van der Waals surface area contributed by atoms with E-state index in [4.69, 9.17) is 0 Å². The van der Waals surface area contributed by atoms with Gasteiger partial charge in [0.05, 0.1) is 0 Å². The molecule has 0 saturated heterocycles. The van der Waals surface area contributed by atoms with Gasteiger partial charge in [-0.2, -0.15) is 0 Å². The highest BCUT2D eigenvalue weighted by atomic mass is 14.4. The van der Waals surface area contributed by atoms with E-state index < -0.39 is 0 Å². The molecule has 55 heavy (non-hydrogen) atoms. The molecule has 10 aromatic rings. The van der Waals surface area contributed by atoms with E-state index in [1.54, 1.807) is 0 Å². The maximum Gasteiger partial charge on any atom is 0.0159 e. The first-order valence-electron chi connectivity index (χ1n) is 19.4. The number of hydrogen-bond donors (Lipinski definition) is 0. The first-order chi connectivity index (χ1) is 27.1. The summed E-state index contributed by atoms with van der Waals surface area (Å²) in [6, 6.07) is 72.3. The van der Waals surface area contributed by atoms with E-state index in [2.05, 4.69) is 208 Å². The molecule has 0 heteroatoms. The molecular weight excluding hydrogens is 661 g/mol. The molecule has 1 aliphatic rings. The van der Waals surface area contributed by atoms with E-state index in [0.29, 0.717) is 0 Å². The summed E-state index contributed by atoms with van der Waals surface area (Å²) in [7, 11) is 0. The highest BCUT2D eigenvalue weighted by Gasteiger charge is 2.37. The number of benzene rings is 10. The molecule has 0 spiro atoms. The molecular formula is C55H38. The van der Waals surface area contributed by atoms with Crippen molar-refractivity contribution in [2.45, 2.75) is 19.3 Å². The van der Waals surface area contributed by atoms with Crippen molar-refractivity contribution in [1.82, 2.24) is 0 Å². The maximum atomic E-state index is 2.47. The van der Waals surface area contributed by atoms with Gasteiger partial charge in [-0.3, -0.25) is 0 Å². The van der Waals surface area contributed by atoms with Gasteiger partial charge in [0.25, 0.3) is 0 Å². The molecule has 0 unspecified atom stereocenters. The lowest BCUT2D eigenvalue weighted by Gasteiger charge is -2.23. The summed E-state index contributed by atoms with van der Waals surface area (Å²) < 4.78 is 0. The largest absolute Gasteiger partial charge is 0.0619 e. The zero-order valence-corrected chi connectivity index (χ0v) is 31.0. The van der Waals surface area contributed by atoms with E-state index in [1.807, 2.05) is 0 Å². The Morgan fingerprint density at radius 2 is 0.745 bits per heavy atom. The fourth-order valence-electron chi connectivity index (χ4n) is 9.71. The van der Waals surface area contributed by atoms with Crippen molar-refractivity contribution in [3.05, 3.63) is 205 Å². The van der Waals surface area contributed by atoms with Crippen LogP contribution in [-0.2, 0) is 5.41 Å². The summed E-state index contributed by atoms with van der Waals surface area (Å²) in [5.41, 5.74) is 15.4. The van der Waals surface area contributed by atoms with Gasteiger partial charge in [0.2, 0.25) is 0 Å². The first kappa shape index (κ1) is 31.7. The third kappa shape index (κ3) is 4.78. The molecule has 0 heterocycles. The Labute approximate surface area is 322 Å². The predicted molar refractivity (Wildman–Crippen MR) is 236 cm³/mol. The fourth-order valence-corrected chi connectivity index (χ4v) is 9.71. The minimum Gasteiger partial charge on any atom is -0.0619 e. The van der Waals surface area contributed by atoms with Crippen molar-refractivity contribution in [1.29, 1.82) is 0 Å². The van der Waals surface area contributed by atoms with E-state index in [0.717, 1.165) is 0 Å². The summed E-state index contributed by atoms with van der Waals surface area (Å²) in [5, 5.41) is 10.1. The van der Waals surface area contributed by atoms with Crippen LogP contribution in [0.5, 0.6) is 0 Å². The molecule has 258 valence electrons. The molecule has 0 radical (unpaired) electrons. The van der Waals surface area contributed by atoms with Gasteiger partial charge in [-0.1, -0.05) is 196 Å². The van der Waals surface area contributed by atoms with Crippen molar-refractivity contribution in [3.63, 3.8) is 0 Å². The standard InChI is InChI=1S/C55H38/c1-55(2)50-29-10-9-25-47(50)54-48(28-14-30-51(54)55)53-45-24-8-7-23-44(45)52(39-20-11-19-37(33-39)42-26-12-17-35-15-3-5-21-40(35)42)46-32-31-38(34-49(46)53)43-27-13-18-36-16-4-6-22-41(36)43/h3-34H,1-2H3. The molecule has 0 aliphatic heterocycles. The topological polar surface area (TPSA) is 0 Å². The molecule has 0 amide bonds. The Hall–Kier alpha value is -6.76. The van der Waals surface area contributed by atoms with Gasteiger partial charge < -0.3 is 0 Å². The Morgan fingerprint density at radius 3 is 1.47 bits per heavy atom. The van der Waals surface area contributed by atoms with Crippen LogP contribution in [0.2, 0.25) is 0 Å².